The van der Waals surface area contributed by atoms with Crippen LogP contribution in [0, 0.1) is 0 Å². The van der Waals surface area contributed by atoms with E-state index >= 15 is 0 Å². The second-order valence-electron chi connectivity index (χ2n) is 19.8. The summed E-state index contributed by atoms with van der Waals surface area (Å²) < 4.78 is 13.6. The number of hydrogen-bond donors (Lipinski definition) is 0. The topological polar surface area (TPSA) is 33.1 Å². The lowest BCUT2D eigenvalue weighted by Crippen LogP contribution is -2.17. The molecule has 3 heterocycles. The zero-order valence-electron chi connectivity index (χ0n) is 35.7. The van der Waals surface area contributed by atoms with Crippen LogP contribution in [0.3, 0.4) is 0 Å². The van der Waals surface area contributed by atoms with Gasteiger partial charge in [0, 0.05) is 53.4 Å². The summed E-state index contributed by atoms with van der Waals surface area (Å²) in [7, 11) is 0. The lowest BCUT2D eigenvalue weighted by Gasteiger charge is -2.24. The van der Waals surface area contributed by atoms with Crippen LogP contribution in [-0.2, 0) is 21.7 Å². The summed E-state index contributed by atoms with van der Waals surface area (Å²) in [5.41, 5.74) is 11.3. The number of rotatable bonds is 5. The third-order valence-electron chi connectivity index (χ3n) is 11.2. The molecule has 2 aromatic heterocycles. The van der Waals surface area contributed by atoms with Gasteiger partial charge in [-0.3, -0.25) is 4.57 Å². The largest absolute Gasteiger partial charge is 0.503 e. The third-order valence-corrected chi connectivity index (χ3v) is 11.2. The van der Waals surface area contributed by atoms with Gasteiger partial charge in [0.2, 0.25) is 11.4 Å². The van der Waals surface area contributed by atoms with Crippen molar-refractivity contribution in [2.45, 2.75) is 105 Å². The maximum atomic E-state index is 6.89. The van der Waals surface area contributed by atoms with E-state index in [-0.39, 0.29) is 21.7 Å². The van der Waals surface area contributed by atoms with Gasteiger partial charge in [0.15, 0.2) is 0 Å². The number of benzene rings is 5. The Labute approximate surface area is 338 Å². The van der Waals surface area contributed by atoms with Gasteiger partial charge in [-0.2, -0.15) is 0 Å². The van der Waals surface area contributed by atoms with Crippen molar-refractivity contribution >= 4 is 50.6 Å². The lowest BCUT2D eigenvalue weighted by molar-refractivity contribution is 0.479. The molecule has 0 saturated carbocycles. The fourth-order valence-corrected chi connectivity index (χ4v) is 7.66. The van der Waals surface area contributed by atoms with Gasteiger partial charge >= 0.3 is 6.01 Å². The minimum Gasteiger partial charge on any atom is -0.457 e. The molecule has 0 spiro atoms. The standard InChI is InChI=1S/C52H56N4O/c1-49(2,3)34-23-24-53-48(30-34)56-44-18-14-13-17-42(44)43-22-21-40(32-47(43)56)57-41-29-37(52(10,11)12)28-39(31-41)55-33-54(45-19-15-16-20-46(45)55)38-26-35(50(4,5)6)25-36(27-38)51(7,8)9/h13-32H,1-12H3/q+2. The van der Waals surface area contributed by atoms with E-state index in [0.29, 0.717) is 0 Å². The third kappa shape index (κ3) is 7.22. The lowest BCUT2D eigenvalue weighted by atomic mass is 9.80. The summed E-state index contributed by atoms with van der Waals surface area (Å²) in [4.78, 5) is 4.89. The van der Waals surface area contributed by atoms with Crippen molar-refractivity contribution in [2.75, 3.05) is 0 Å². The van der Waals surface area contributed by atoms with Gasteiger partial charge < -0.3 is 4.74 Å². The van der Waals surface area contributed by atoms with E-state index in [2.05, 4.69) is 218 Å². The number of para-hydroxylation sites is 3. The molecule has 0 amide bonds. The van der Waals surface area contributed by atoms with Crippen molar-refractivity contribution in [1.29, 1.82) is 0 Å². The molecular weight excluding hydrogens is 697 g/mol. The molecule has 1 aliphatic heterocycles. The summed E-state index contributed by atoms with van der Waals surface area (Å²) >= 11 is 0. The molecule has 5 aromatic carbocycles. The van der Waals surface area contributed by atoms with Crippen LogP contribution in [0.25, 0.3) is 27.6 Å². The second-order valence-corrected chi connectivity index (χ2v) is 19.8. The molecular formula is C52H56N4O+2. The van der Waals surface area contributed by atoms with Crippen molar-refractivity contribution < 1.29 is 4.74 Å². The molecule has 1 aliphatic rings. The molecule has 0 unspecified atom stereocenters. The molecule has 5 nitrogen and oxygen atoms in total. The van der Waals surface area contributed by atoms with Crippen LogP contribution in [0.1, 0.15) is 105 Å². The highest BCUT2D eigenvalue weighted by atomic mass is 16.5. The average Bonchev–Trinajstić information content (AvgIpc) is 3.69. The Kier molecular flexibility index (Phi) is 8.98. The van der Waals surface area contributed by atoms with Gasteiger partial charge in [-0.05, 0) is 89.5 Å². The number of ether oxygens (including phenoxy) is 1. The fourth-order valence-electron chi connectivity index (χ4n) is 7.66. The molecule has 288 valence electrons. The van der Waals surface area contributed by atoms with Crippen LogP contribution in [-0.4, -0.2) is 15.6 Å². The summed E-state index contributed by atoms with van der Waals surface area (Å²) in [6.07, 6.45) is 1.92. The van der Waals surface area contributed by atoms with E-state index in [1.54, 1.807) is 0 Å². The number of fused-ring (bicyclic) bond motifs is 4. The van der Waals surface area contributed by atoms with E-state index in [1.807, 2.05) is 6.20 Å². The summed E-state index contributed by atoms with van der Waals surface area (Å²) in [5.74, 6) is 2.43. The maximum absolute atomic E-state index is 6.89. The molecule has 5 heteroatoms. The van der Waals surface area contributed by atoms with Crippen LogP contribution in [0.15, 0.2) is 121 Å². The van der Waals surface area contributed by atoms with Crippen molar-refractivity contribution in [3.8, 4) is 17.3 Å². The molecule has 0 atom stereocenters. The van der Waals surface area contributed by atoms with Crippen LogP contribution in [0.2, 0.25) is 0 Å². The minimum absolute atomic E-state index is 0.00588. The molecule has 57 heavy (non-hydrogen) atoms. The Morgan fingerprint density at radius 1 is 0.474 bits per heavy atom. The minimum atomic E-state index is -0.129. The van der Waals surface area contributed by atoms with E-state index in [9.17, 15) is 0 Å². The number of pyridine rings is 1. The SMILES string of the molecule is CC(C)(C)c1cc(Oc2ccc3c4ccccc4n(-c4cc(C(C)(C)C)ccn4)c3c2)cc([N+]2=C=[N+](c3cc(C(C)(C)C)cc(C(C)(C)C)c3)c3ccccc32)c1. The molecule has 0 fully saturated rings. The van der Waals surface area contributed by atoms with Crippen LogP contribution in [0.5, 0.6) is 11.5 Å². The van der Waals surface area contributed by atoms with Gasteiger partial charge in [0.25, 0.3) is 11.4 Å². The van der Waals surface area contributed by atoms with E-state index in [0.717, 1.165) is 56.5 Å². The van der Waals surface area contributed by atoms with E-state index < -0.39 is 0 Å². The first-order valence-corrected chi connectivity index (χ1v) is 20.2. The highest BCUT2D eigenvalue weighted by molar-refractivity contribution is 6.09. The Hall–Kier alpha value is -5.77. The van der Waals surface area contributed by atoms with E-state index in [1.165, 1.54) is 27.6 Å². The molecule has 0 saturated heterocycles. The highest BCUT2D eigenvalue weighted by Crippen LogP contribution is 2.42. The Bertz CT molecular complexity index is 2750. The summed E-state index contributed by atoms with van der Waals surface area (Å²) in [5, 5.41) is 2.35. The first-order chi connectivity index (χ1) is 26.8. The van der Waals surface area contributed by atoms with Crippen LogP contribution in [0.4, 0.5) is 22.7 Å². The highest BCUT2D eigenvalue weighted by Gasteiger charge is 2.38. The first kappa shape index (κ1) is 38.1. The van der Waals surface area contributed by atoms with Gasteiger partial charge in [0.1, 0.15) is 17.3 Å². The van der Waals surface area contributed by atoms with Gasteiger partial charge in [-0.1, -0.05) is 119 Å². The molecule has 0 aliphatic carbocycles. The zero-order valence-corrected chi connectivity index (χ0v) is 35.7. The smallest absolute Gasteiger partial charge is 0.457 e. The maximum Gasteiger partial charge on any atom is 0.503 e. The van der Waals surface area contributed by atoms with Crippen molar-refractivity contribution in [1.82, 2.24) is 18.7 Å². The van der Waals surface area contributed by atoms with Gasteiger partial charge in [0.05, 0.1) is 17.1 Å². The average molecular weight is 753 g/mol. The number of nitrogens with zero attached hydrogens (tertiary/aromatic N) is 4. The second kappa shape index (κ2) is 13.4. The van der Waals surface area contributed by atoms with Gasteiger partial charge in [-0.15, -0.1) is 0 Å². The van der Waals surface area contributed by atoms with Crippen molar-refractivity contribution in [2.24, 2.45) is 0 Å². The van der Waals surface area contributed by atoms with Crippen molar-refractivity contribution in [3.63, 3.8) is 0 Å². The normalized spacial score (nSPS) is 13.5. The van der Waals surface area contributed by atoms with Crippen LogP contribution >= 0.6 is 0 Å². The zero-order chi connectivity index (χ0) is 40.7. The Morgan fingerprint density at radius 3 is 1.60 bits per heavy atom. The summed E-state index contributed by atoms with van der Waals surface area (Å²) in [6, 6.07) is 45.3. The van der Waals surface area contributed by atoms with E-state index in [4.69, 9.17) is 9.72 Å². The van der Waals surface area contributed by atoms with Gasteiger partial charge in [-0.25, -0.2) is 4.98 Å². The first-order valence-electron chi connectivity index (χ1n) is 20.2. The Morgan fingerprint density at radius 2 is 1.00 bits per heavy atom. The quantitative estimate of drug-likeness (QED) is 0.164. The fraction of sp³-hybridized carbons (Fsp3) is 0.308. The number of aromatic nitrogens is 2. The predicted octanol–water partition coefficient (Wildman–Crippen LogP) is 14.0. The molecule has 0 N–H and O–H groups in total. The molecule has 7 aromatic rings. The monoisotopic (exact) mass is 752 g/mol. The predicted molar refractivity (Wildman–Crippen MR) is 241 cm³/mol. The molecule has 0 bridgehead atoms. The summed E-state index contributed by atoms with van der Waals surface area (Å²) in [6.45, 7) is 27.2. The van der Waals surface area contributed by atoms with Crippen molar-refractivity contribution in [3.05, 3.63) is 144 Å². The van der Waals surface area contributed by atoms with Crippen LogP contribution < -0.4 is 13.9 Å². The molecule has 8 rings (SSSR count). The molecule has 0 radical (unpaired) electrons. The number of hydrogen-bond acceptors (Lipinski definition) is 2. The Balaban J connectivity index is 1.28.